The van der Waals surface area contributed by atoms with E-state index in [1.54, 1.807) is 12.1 Å². The molecule has 0 aliphatic heterocycles. The van der Waals surface area contributed by atoms with E-state index in [2.05, 4.69) is 5.32 Å². The maximum atomic E-state index is 11.9. The quantitative estimate of drug-likeness (QED) is 0.756. The molecule has 1 aromatic rings. The number of amides is 1. The van der Waals surface area contributed by atoms with Gasteiger partial charge in [0.25, 0.3) is 5.91 Å². The van der Waals surface area contributed by atoms with Gasteiger partial charge in [0.1, 0.15) is 5.60 Å². The fraction of sp³-hybridized carbons (Fsp3) is 0.500. The Morgan fingerprint density at radius 3 is 2.39 bits per heavy atom. The lowest BCUT2D eigenvalue weighted by molar-refractivity contribution is -0.133. The molecule has 4 nitrogen and oxygen atoms in total. The van der Waals surface area contributed by atoms with E-state index in [1.807, 2.05) is 12.1 Å². The van der Waals surface area contributed by atoms with Crippen molar-refractivity contribution in [2.75, 3.05) is 11.9 Å². The fourth-order valence-corrected chi connectivity index (χ4v) is 2.32. The minimum atomic E-state index is -1.19. The largest absolute Gasteiger partial charge is 0.396 e. The van der Waals surface area contributed by atoms with Gasteiger partial charge in [-0.15, -0.1) is 0 Å². The predicted octanol–water partition coefficient (Wildman–Crippen LogP) is 1.46. The summed E-state index contributed by atoms with van der Waals surface area (Å²) in [5.74, 6) is -0.310. The van der Waals surface area contributed by atoms with Gasteiger partial charge in [-0.05, 0) is 49.8 Å². The van der Waals surface area contributed by atoms with Crippen LogP contribution in [0.2, 0.25) is 0 Å². The van der Waals surface area contributed by atoms with Crippen molar-refractivity contribution in [1.82, 2.24) is 0 Å². The highest BCUT2D eigenvalue weighted by atomic mass is 16.3. The van der Waals surface area contributed by atoms with Crippen molar-refractivity contribution >= 4 is 11.6 Å². The number of aliphatic hydroxyl groups is 2. The van der Waals surface area contributed by atoms with Gasteiger partial charge in [-0.3, -0.25) is 4.79 Å². The summed E-state index contributed by atoms with van der Waals surface area (Å²) in [6, 6.07) is 7.32. The number of anilines is 1. The maximum absolute atomic E-state index is 11.9. The second-order valence-corrected chi connectivity index (χ2v) is 4.86. The van der Waals surface area contributed by atoms with Gasteiger partial charge < -0.3 is 15.5 Å². The Morgan fingerprint density at radius 2 is 1.83 bits per heavy atom. The number of hydrogen-bond donors (Lipinski definition) is 3. The summed E-state index contributed by atoms with van der Waals surface area (Å²) >= 11 is 0. The maximum Gasteiger partial charge on any atom is 0.256 e. The molecule has 0 heterocycles. The molecule has 98 valence electrons. The zero-order valence-corrected chi connectivity index (χ0v) is 10.4. The zero-order chi connectivity index (χ0) is 13.0. The van der Waals surface area contributed by atoms with Crippen molar-refractivity contribution in [3.05, 3.63) is 29.8 Å². The Kier molecular flexibility index (Phi) is 3.99. The van der Waals surface area contributed by atoms with Crippen LogP contribution in [0.3, 0.4) is 0 Å². The van der Waals surface area contributed by atoms with Crippen LogP contribution in [0, 0.1) is 0 Å². The Balaban J connectivity index is 1.98. The van der Waals surface area contributed by atoms with Gasteiger partial charge in [0.2, 0.25) is 0 Å². The lowest BCUT2D eigenvalue weighted by Gasteiger charge is -2.20. The molecular weight excluding hydrogens is 230 g/mol. The van der Waals surface area contributed by atoms with E-state index in [9.17, 15) is 9.90 Å². The van der Waals surface area contributed by atoms with Crippen LogP contribution in [0.5, 0.6) is 0 Å². The van der Waals surface area contributed by atoms with Gasteiger partial charge in [-0.2, -0.15) is 0 Å². The van der Waals surface area contributed by atoms with Crippen molar-refractivity contribution < 1.29 is 15.0 Å². The molecule has 1 aliphatic rings. The molecule has 0 aromatic heterocycles. The molecule has 0 atom stereocenters. The number of nitrogens with one attached hydrogen (secondary N) is 1. The first-order valence-electron chi connectivity index (χ1n) is 6.38. The Hall–Kier alpha value is -1.39. The van der Waals surface area contributed by atoms with Crippen LogP contribution in [-0.2, 0) is 11.2 Å². The van der Waals surface area contributed by atoms with Crippen molar-refractivity contribution in [3.8, 4) is 0 Å². The number of carbonyl (C=O) groups excluding carboxylic acids is 1. The summed E-state index contributed by atoms with van der Waals surface area (Å²) < 4.78 is 0. The van der Waals surface area contributed by atoms with Gasteiger partial charge in [0, 0.05) is 12.3 Å². The highest BCUT2D eigenvalue weighted by molar-refractivity contribution is 5.97. The minimum Gasteiger partial charge on any atom is -0.396 e. The Labute approximate surface area is 107 Å². The van der Waals surface area contributed by atoms with Crippen LogP contribution in [0.25, 0.3) is 0 Å². The van der Waals surface area contributed by atoms with Gasteiger partial charge in [0.15, 0.2) is 0 Å². The molecule has 3 N–H and O–H groups in total. The van der Waals surface area contributed by atoms with Crippen molar-refractivity contribution in [2.45, 2.75) is 37.7 Å². The molecule has 0 radical (unpaired) electrons. The third kappa shape index (κ3) is 2.89. The molecule has 2 rings (SSSR count). The summed E-state index contributed by atoms with van der Waals surface area (Å²) in [5, 5.41) is 21.7. The second kappa shape index (κ2) is 5.50. The summed E-state index contributed by atoms with van der Waals surface area (Å²) in [6.07, 6.45) is 3.50. The van der Waals surface area contributed by atoms with Crippen LogP contribution in [0.15, 0.2) is 24.3 Å². The van der Waals surface area contributed by atoms with E-state index >= 15 is 0 Å². The first kappa shape index (κ1) is 13.1. The third-order valence-corrected chi connectivity index (χ3v) is 3.47. The molecule has 1 amide bonds. The van der Waals surface area contributed by atoms with Gasteiger partial charge in [0.05, 0.1) is 0 Å². The monoisotopic (exact) mass is 249 g/mol. The number of rotatable bonds is 4. The highest BCUT2D eigenvalue weighted by Crippen LogP contribution is 2.30. The standard InChI is InChI=1S/C14H19NO3/c16-10-7-11-3-5-12(6-4-11)15-13(17)14(18)8-1-2-9-14/h3-6,16,18H,1-2,7-10H2,(H,15,17). The van der Waals surface area contributed by atoms with E-state index in [-0.39, 0.29) is 12.5 Å². The van der Waals surface area contributed by atoms with E-state index < -0.39 is 5.60 Å². The van der Waals surface area contributed by atoms with E-state index in [0.29, 0.717) is 24.9 Å². The normalized spacial score (nSPS) is 17.7. The highest BCUT2D eigenvalue weighted by Gasteiger charge is 2.38. The number of carbonyl (C=O) groups is 1. The molecule has 1 aromatic carbocycles. The van der Waals surface area contributed by atoms with Crippen LogP contribution in [-0.4, -0.2) is 28.3 Å². The van der Waals surface area contributed by atoms with Crippen molar-refractivity contribution in [2.24, 2.45) is 0 Å². The molecule has 0 spiro atoms. The number of benzene rings is 1. The molecule has 1 aliphatic carbocycles. The molecule has 0 saturated heterocycles. The Morgan fingerprint density at radius 1 is 1.22 bits per heavy atom. The average molecular weight is 249 g/mol. The molecular formula is C14H19NO3. The third-order valence-electron chi connectivity index (χ3n) is 3.47. The summed E-state index contributed by atoms with van der Waals surface area (Å²) in [7, 11) is 0. The van der Waals surface area contributed by atoms with Gasteiger partial charge in [-0.1, -0.05) is 12.1 Å². The fourth-order valence-electron chi connectivity index (χ4n) is 2.32. The first-order valence-corrected chi connectivity index (χ1v) is 6.38. The molecule has 18 heavy (non-hydrogen) atoms. The minimum absolute atomic E-state index is 0.117. The number of hydrogen-bond acceptors (Lipinski definition) is 3. The zero-order valence-electron chi connectivity index (χ0n) is 10.4. The summed E-state index contributed by atoms with van der Waals surface area (Å²) in [5.41, 5.74) is 0.515. The van der Waals surface area contributed by atoms with E-state index in [1.165, 1.54) is 0 Å². The number of aliphatic hydroxyl groups excluding tert-OH is 1. The lowest BCUT2D eigenvalue weighted by Crippen LogP contribution is -2.40. The van der Waals surface area contributed by atoms with Crippen LogP contribution < -0.4 is 5.32 Å². The predicted molar refractivity (Wildman–Crippen MR) is 69.3 cm³/mol. The average Bonchev–Trinajstić information content (AvgIpc) is 2.80. The SMILES string of the molecule is O=C(Nc1ccc(CCO)cc1)C1(O)CCCC1. The van der Waals surface area contributed by atoms with Crippen LogP contribution in [0.4, 0.5) is 5.69 Å². The molecule has 4 heteroatoms. The lowest BCUT2D eigenvalue weighted by atomic mass is 10.0. The van der Waals surface area contributed by atoms with Crippen LogP contribution in [0.1, 0.15) is 31.2 Å². The van der Waals surface area contributed by atoms with Crippen molar-refractivity contribution in [1.29, 1.82) is 0 Å². The molecule has 0 unspecified atom stereocenters. The molecule has 0 bridgehead atoms. The molecule has 1 fully saturated rings. The first-order chi connectivity index (χ1) is 8.64. The van der Waals surface area contributed by atoms with E-state index in [0.717, 1.165) is 18.4 Å². The second-order valence-electron chi connectivity index (χ2n) is 4.86. The topological polar surface area (TPSA) is 69.6 Å². The summed E-state index contributed by atoms with van der Waals surface area (Å²) in [6.45, 7) is 0.117. The smallest absolute Gasteiger partial charge is 0.256 e. The van der Waals surface area contributed by atoms with E-state index in [4.69, 9.17) is 5.11 Å². The Bertz CT molecular complexity index is 408. The summed E-state index contributed by atoms with van der Waals surface area (Å²) in [4.78, 5) is 11.9. The van der Waals surface area contributed by atoms with Gasteiger partial charge in [-0.25, -0.2) is 0 Å². The van der Waals surface area contributed by atoms with Crippen LogP contribution >= 0.6 is 0 Å². The van der Waals surface area contributed by atoms with Crippen molar-refractivity contribution in [3.63, 3.8) is 0 Å². The molecule has 1 saturated carbocycles. The van der Waals surface area contributed by atoms with Gasteiger partial charge >= 0.3 is 0 Å².